The van der Waals surface area contributed by atoms with Crippen LogP contribution in [0, 0.1) is 0 Å². The average Bonchev–Trinajstić information content (AvgIpc) is 2.84. The number of rotatable bonds is 1. The highest BCUT2D eigenvalue weighted by Crippen LogP contribution is 2.36. The molecule has 0 bridgehead atoms. The maximum absolute atomic E-state index is 4.44. The average molecular weight is 225 g/mol. The Morgan fingerprint density at radius 1 is 1.29 bits per heavy atom. The van der Waals surface area contributed by atoms with Gasteiger partial charge in [-0.15, -0.1) is 0 Å². The van der Waals surface area contributed by atoms with Crippen LogP contribution in [0.4, 0.5) is 5.82 Å². The third-order valence-electron chi connectivity index (χ3n) is 3.31. The number of aromatic nitrogens is 2. The van der Waals surface area contributed by atoms with Gasteiger partial charge < -0.3 is 4.57 Å². The summed E-state index contributed by atoms with van der Waals surface area (Å²) in [6, 6.07) is 6.35. The van der Waals surface area contributed by atoms with Crippen molar-refractivity contribution in [3.8, 4) is 11.3 Å². The van der Waals surface area contributed by atoms with E-state index < -0.39 is 0 Å². The van der Waals surface area contributed by atoms with Gasteiger partial charge in [0.15, 0.2) is 5.82 Å². The molecule has 0 atom stereocenters. The predicted octanol–water partition coefficient (Wildman–Crippen LogP) is 3.08. The molecule has 0 fully saturated rings. The van der Waals surface area contributed by atoms with Crippen molar-refractivity contribution in [3.05, 3.63) is 36.2 Å². The van der Waals surface area contributed by atoms with Crippen LogP contribution in [0.15, 0.2) is 35.6 Å². The van der Waals surface area contributed by atoms with Gasteiger partial charge in [-0.2, -0.15) is 0 Å². The fourth-order valence-electron chi connectivity index (χ4n) is 2.23. The van der Waals surface area contributed by atoms with Crippen molar-refractivity contribution in [2.45, 2.75) is 19.3 Å². The van der Waals surface area contributed by atoms with Crippen LogP contribution in [0.3, 0.4) is 0 Å². The largest absolute Gasteiger partial charge is 0.351 e. The second-order valence-corrected chi connectivity index (χ2v) is 5.08. The molecule has 1 aliphatic heterocycles. The number of hydrogen-bond acceptors (Lipinski definition) is 2. The molecule has 0 spiro atoms. The van der Waals surface area contributed by atoms with E-state index in [-0.39, 0.29) is 5.41 Å². The first-order chi connectivity index (χ1) is 8.08. The summed E-state index contributed by atoms with van der Waals surface area (Å²) in [7, 11) is 2.05. The highest BCUT2D eigenvalue weighted by atomic mass is 14.9. The van der Waals surface area contributed by atoms with Gasteiger partial charge in [0.2, 0.25) is 0 Å². The minimum absolute atomic E-state index is 0.0104. The second kappa shape index (κ2) is 3.29. The highest BCUT2D eigenvalue weighted by Gasteiger charge is 2.27. The monoisotopic (exact) mass is 225 g/mol. The lowest BCUT2D eigenvalue weighted by molar-refractivity contribution is 0.750. The fraction of sp³-hybridized carbons (Fsp3) is 0.286. The zero-order valence-corrected chi connectivity index (χ0v) is 10.3. The van der Waals surface area contributed by atoms with Crippen LogP contribution in [-0.4, -0.2) is 15.8 Å². The normalized spacial score (nSPS) is 16.2. The van der Waals surface area contributed by atoms with Crippen LogP contribution in [0.1, 0.15) is 19.4 Å². The van der Waals surface area contributed by atoms with E-state index in [4.69, 9.17) is 0 Å². The number of aliphatic imine (C=N–C) groups is 1. The first-order valence-corrected chi connectivity index (χ1v) is 5.75. The van der Waals surface area contributed by atoms with Crippen molar-refractivity contribution < 1.29 is 0 Å². The molecule has 0 saturated carbocycles. The Hall–Kier alpha value is -1.90. The molecule has 0 N–H and O–H groups in total. The van der Waals surface area contributed by atoms with Crippen LogP contribution in [0.2, 0.25) is 0 Å². The second-order valence-electron chi connectivity index (χ2n) is 5.08. The van der Waals surface area contributed by atoms with E-state index in [1.165, 1.54) is 11.3 Å². The molecule has 0 amide bonds. The van der Waals surface area contributed by atoms with E-state index in [0.717, 1.165) is 11.4 Å². The van der Waals surface area contributed by atoms with Gasteiger partial charge in [0.1, 0.15) is 0 Å². The summed E-state index contributed by atoms with van der Waals surface area (Å²) in [5.74, 6) is 0.855. The van der Waals surface area contributed by atoms with Crippen molar-refractivity contribution in [3.63, 3.8) is 0 Å². The van der Waals surface area contributed by atoms with Gasteiger partial charge in [0, 0.05) is 47.9 Å². The lowest BCUT2D eigenvalue weighted by Crippen LogP contribution is -2.15. The summed E-state index contributed by atoms with van der Waals surface area (Å²) in [6.07, 6.45) is 5.91. The Balaban J connectivity index is 2.16. The van der Waals surface area contributed by atoms with Gasteiger partial charge in [-0.3, -0.25) is 0 Å². The third kappa shape index (κ3) is 1.50. The Kier molecular flexibility index (Phi) is 1.99. The Morgan fingerprint density at radius 2 is 2.12 bits per heavy atom. The van der Waals surface area contributed by atoms with Crippen molar-refractivity contribution >= 4 is 12.0 Å². The molecule has 0 unspecified atom stereocenters. The number of aryl methyl sites for hydroxylation is 1. The Bertz CT molecular complexity index is 606. The summed E-state index contributed by atoms with van der Waals surface area (Å²) < 4.78 is 2.10. The summed E-state index contributed by atoms with van der Waals surface area (Å²) in [5.41, 5.74) is 3.53. The lowest BCUT2D eigenvalue weighted by Gasteiger charge is -2.16. The van der Waals surface area contributed by atoms with Gasteiger partial charge in [-0.25, -0.2) is 9.98 Å². The summed E-state index contributed by atoms with van der Waals surface area (Å²) in [4.78, 5) is 8.79. The van der Waals surface area contributed by atoms with Crippen molar-refractivity contribution in [2.75, 3.05) is 0 Å². The zero-order valence-electron chi connectivity index (χ0n) is 10.3. The number of nitrogens with zero attached hydrogens (tertiary/aromatic N) is 3. The maximum atomic E-state index is 4.44. The topological polar surface area (TPSA) is 30.2 Å². The molecule has 0 saturated heterocycles. The van der Waals surface area contributed by atoms with Gasteiger partial charge in [0.05, 0.1) is 0 Å². The van der Waals surface area contributed by atoms with Crippen molar-refractivity contribution in [1.29, 1.82) is 0 Å². The number of fused-ring (bicyclic) bond motifs is 1. The molecular weight excluding hydrogens is 210 g/mol. The van der Waals surface area contributed by atoms with E-state index in [0.29, 0.717) is 0 Å². The van der Waals surface area contributed by atoms with Crippen molar-refractivity contribution in [2.24, 2.45) is 12.0 Å². The minimum Gasteiger partial charge on any atom is -0.351 e. The lowest BCUT2D eigenvalue weighted by atomic mass is 9.87. The molecule has 3 heteroatoms. The smallest absolute Gasteiger partial charge is 0.155 e. The van der Waals surface area contributed by atoms with E-state index >= 15 is 0 Å². The molecule has 0 radical (unpaired) electrons. The SMILES string of the molecule is Cn1cccc1-c1cnc2c(c1)C(C)(C)C=N2. The minimum atomic E-state index is -0.0104. The quantitative estimate of drug-likeness (QED) is 0.733. The number of pyridine rings is 1. The molecule has 3 heterocycles. The Labute approximate surface area is 101 Å². The number of hydrogen-bond donors (Lipinski definition) is 0. The van der Waals surface area contributed by atoms with E-state index in [9.17, 15) is 0 Å². The third-order valence-corrected chi connectivity index (χ3v) is 3.31. The predicted molar refractivity (Wildman–Crippen MR) is 69.8 cm³/mol. The van der Waals surface area contributed by atoms with Crippen LogP contribution in [-0.2, 0) is 12.5 Å². The fourth-order valence-corrected chi connectivity index (χ4v) is 2.23. The molecule has 2 aromatic rings. The first-order valence-electron chi connectivity index (χ1n) is 5.75. The Morgan fingerprint density at radius 3 is 2.82 bits per heavy atom. The van der Waals surface area contributed by atoms with E-state index in [2.05, 4.69) is 40.5 Å². The molecule has 2 aromatic heterocycles. The molecule has 1 aliphatic rings. The van der Waals surface area contributed by atoms with Crippen LogP contribution in [0.25, 0.3) is 11.3 Å². The first kappa shape index (κ1) is 10.3. The molecule has 0 aliphatic carbocycles. The van der Waals surface area contributed by atoms with Crippen molar-refractivity contribution in [1.82, 2.24) is 9.55 Å². The van der Waals surface area contributed by atoms with Gasteiger partial charge in [-0.1, -0.05) is 13.8 Å². The summed E-state index contributed by atoms with van der Waals surface area (Å²) >= 11 is 0. The maximum Gasteiger partial charge on any atom is 0.155 e. The molecule has 3 rings (SSSR count). The van der Waals surface area contributed by atoms with Gasteiger partial charge in [0.25, 0.3) is 0 Å². The zero-order chi connectivity index (χ0) is 12.0. The molecule has 0 aromatic carbocycles. The van der Waals surface area contributed by atoms with Crippen LogP contribution in [0.5, 0.6) is 0 Å². The van der Waals surface area contributed by atoms with Crippen LogP contribution < -0.4 is 0 Å². The van der Waals surface area contributed by atoms with Gasteiger partial charge >= 0.3 is 0 Å². The van der Waals surface area contributed by atoms with E-state index in [1.807, 2.05) is 31.7 Å². The standard InChI is InChI=1S/C14H15N3/c1-14(2)9-16-13-11(14)7-10(8-15-13)12-5-4-6-17(12)3/h4-9H,1-3H3. The molecular formula is C14H15N3. The summed E-state index contributed by atoms with van der Waals surface area (Å²) in [6.45, 7) is 4.33. The summed E-state index contributed by atoms with van der Waals surface area (Å²) in [5, 5.41) is 0. The van der Waals surface area contributed by atoms with Gasteiger partial charge in [-0.05, 0) is 18.2 Å². The van der Waals surface area contributed by atoms with Crippen LogP contribution >= 0.6 is 0 Å². The molecule has 3 nitrogen and oxygen atoms in total. The molecule has 17 heavy (non-hydrogen) atoms. The van der Waals surface area contributed by atoms with E-state index in [1.54, 1.807) is 0 Å². The highest BCUT2D eigenvalue weighted by molar-refractivity contribution is 5.84. The molecule has 86 valence electrons.